The smallest absolute Gasteiger partial charge is 0.279 e. The lowest BCUT2D eigenvalue weighted by Crippen LogP contribution is -2.04. The second-order valence-electron chi connectivity index (χ2n) is 3.29. The molecule has 0 radical (unpaired) electrons. The lowest BCUT2D eigenvalue weighted by Gasteiger charge is -2.10. The van der Waals surface area contributed by atoms with Crippen LogP contribution >= 0.6 is 10.7 Å². The predicted molar refractivity (Wildman–Crippen MR) is 62.3 cm³/mol. The van der Waals surface area contributed by atoms with Gasteiger partial charge in [-0.05, 0) is 13.0 Å². The van der Waals surface area contributed by atoms with E-state index in [0.717, 1.165) is 0 Å². The van der Waals surface area contributed by atoms with E-state index in [0.29, 0.717) is 12.1 Å². The van der Waals surface area contributed by atoms with Gasteiger partial charge in [-0.2, -0.15) is 0 Å². The molecule has 0 saturated heterocycles. The number of benzene rings is 1. The first-order valence-electron chi connectivity index (χ1n) is 4.86. The summed E-state index contributed by atoms with van der Waals surface area (Å²) in [6, 6.07) is 1.08. The van der Waals surface area contributed by atoms with Gasteiger partial charge in [-0.1, -0.05) is 0 Å². The van der Waals surface area contributed by atoms with E-state index in [-0.39, 0.29) is 6.61 Å². The molecule has 0 N–H and O–H groups in total. The Hall–Kier alpha value is -1.48. The number of rotatable bonds is 5. The molecule has 0 saturated carbocycles. The van der Waals surface area contributed by atoms with Crippen LogP contribution in [0.2, 0.25) is 0 Å². The molecule has 0 aromatic heterocycles. The Morgan fingerprint density at radius 1 is 1.47 bits per heavy atom. The van der Waals surface area contributed by atoms with E-state index in [1.54, 1.807) is 0 Å². The summed E-state index contributed by atoms with van der Waals surface area (Å²) >= 11 is 0. The Bertz CT molecular complexity index is 605. The van der Waals surface area contributed by atoms with Gasteiger partial charge >= 0.3 is 0 Å². The van der Waals surface area contributed by atoms with Crippen molar-refractivity contribution in [3.63, 3.8) is 0 Å². The number of nitro benzene ring substituents is 1. The molecule has 0 aliphatic carbocycles. The fraction of sp³-hybridized carbons (Fsp3) is 0.333. The highest BCUT2D eigenvalue weighted by atomic mass is 35.7. The standard InChI is InChI=1S/C9H8ClF2NO5S/c1-2-18-7-3-5(9(11)12)6(13(14)15)4-8(7)19(10,16)17/h3-4,9H,2H2,1H3. The maximum absolute atomic E-state index is 12.7. The zero-order valence-corrected chi connectivity index (χ0v) is 11.0. The van der Waals surface area contributed by atoms with Gasteiger partial charge in [0.15, 0.2) is 0 Å². The van der Waals surface area contributed by atoms with Crippen molar-refractivity contribution < 1.29 is 26.9 Å². The van der Waals surface area contributed by atoms with Gasteiger partial charge in [0, 0.05) is 16.7 Å². The topological polar surface area (TPSA) is 86.5 Å². The zero-order chi connectivity index (χ0) is 14.8. The van der Waals surface area contributed by atoms with E-state index in [1.807, 2.05) is 0 Å². The van der Waals surface area contributed by atoms with Crippen LogP contribution in [0.15, 0.2) is 17.0 Å². The number of hydrogen-bond acceptors (Lipinski definition) is 5. The number of nitro groups is 1. The molecule has 0 heterocycles. The van der Waals surface area contributed by atoms with Crippen LogP contribution in [-0.4, -0.2) is 19.9 Å². The first kappa shape index (κ1) is 15.6. The fourth-order valence-electron chi connectivity index (χ4n) is 1.36. The molecule has 106 valence electrons. The monoisotopic (exact) mass is 315 g/mol. The van der Waals surface area contributed by atoms with Crippen LogP contribution in [0.1, 0.15) is 18.9 Å². The minimum Gasteiger partial charge on any atom is -0.492 e. The van der Waals surface area contributed by atoms with Crippen LogP contribution in [0, 0.1) is 10.1 Å². The van der Waals surface area contributed by atoms with Gasteiger partial charge in [-0.25, -0.2) is 17.2 Å². The summed E-state index contributed by atoms with van der Waals surface area (Å²) in [5.74, 6) is -0.446. The molecule has 0 unspecified atom stereocenters. The summed E-state index contributed by atoms with van der Waals surface area (Å²) in [5, 5.41) is 10.7. The third-order valence-electron chi connectivity index (χ3n) is 2.09. The van der Waals surface area contributed by atoms with Gasteiger partial charge in [0.05, 0.1) is 17.1 Å². The van der Waals surface area contributed by atoms with Gasteiger partial charge < -0.3 is 4.74 Å². The van der Waals surface area contributed by atoms with Crippen LogP contribution in [-0.2, 0) is 9.05 Å². The number of ether oxygens (including phenoxy) is 1. The number of nitrogens with zero attached hydrogens (tertiary/aromatic N) is 1. The molecule has 0 spiro atoms. The van der Waals surface area contributed by atoms with Crippen molar-refractivity contribution in [3.05, 3.63) is 27.8 Å². The third-order valence-corrected chi connectivity index (χ3v) is 3.43. The Kier molecular flexibility index (Phi) is 4.64. The molecular formula is C9H8ClF2NO5S. The Labute approximate surface area is 111 Å². The van der Waals surface area contributed by atoms with Crippen LogP contribution in [0.25, 0.3) is 0 Å². The summed E-state index contributed by atoms with van der Waals surface area (Å²) in [7, 11) is 0.734. The van der Waals surface area contributed by atoms with E-state index >= 15 is 0 Å². The minimum atomic E-state index is -4.36. The van der Waals surface area contributed by atoms with Gasteiger partial charge in [0.25, 0.3) is 21.2 Å². The van der Waals surface area contributed by atoms with Crippen LogP contribution in [0.5, 0.6) is 5.75 Å². The van der Waals surface area contributed by atoms with E-state index in [2.05, 4.69) is 0 Å². The summed E-state index contributed by atoms with van der Waals surface area (Å²) in [6.45, 7) is 1.48. The van der Waals surface area contributed by atoms with Crippen molar-refractivity contribution >= 4 is 25.4 Å². The normalized spacial score (nSPS) is 11.6. The van der Waals surface area contributed by atoms with Gasteiger partial charge in [0.1, 0.15) is 10.6 Å². The van der Waals surface area contributed by atoms with Gasteiger partial charge in [-0.3, -0.25) is 10.1 Å². The number of halogens is 3. The molecule has 6 nitrogen and oxygen atoms in total. The Balaban J connectivity index is 3.64. The van der Waals surface area contributed by atoms with Crippen molar-refractivity contribution in [1.82, 2.24) is 0 Å². The molecule has 0 aliphatic rings. The zero-order valence-electron chi connectivity index (χ0n) is 9.47. The first-order valence-corrected chi connectivity index (χ1v) is 7.17. The van der Waals surface area contributed by atoms with Gasteiger partial charge in [0.2, 0.25) is 0 Å². The second kappa shape index (κ2) is 5.66. The maximum Gasteiger partial charge on any atom is 0.279 e. The summed E-state index contributed by atoms with van der Waals surface area (Å²) in [4.78, 5) is 8.84. The fourth-order valence-corrected chi connectivity index (χ4v) is 2.33. The van der Waals surface area contributed by atoms with Crippen molar-refractivity contribution in [1.29, 1.82) is 0 Å². The van der Waals surface area contributed by atoms with Crippen LogP contribution in [0.4, 0.5) is 14.5 Å². The first-order chi connectivity index (χ1) is 8.68. The number of alkyl halides is 2. The number of hydrogen-bond donors (Lipinski definition) is 0. The Morgan fingerprint density at radius 2 is 2.05 bits per heavy atom. The molecule has 10 heteroatoms. The molecular weight excluding hydrogens is 308 g/mol. The minimum absolute atomic E-state index is 0.0140. The summed E-state index contributed by atoms with van der Waals surface area (Å²) in [6.07, 6.45) is -3.15. The highest BCUT2D eigenvalue weighted by Gasteiger charge is 2.29. The molecule has 1 rings (SSSR count). The largest absolute Gasteiger partial charge is 0.492 e. The van der Waals surface area contributed by atoms with E-state index in [9.17, 15) is 27.3 Å². The molecule has 1 aromatic carbocycles. The molecule has 0 atom stereocenters. The molecule has 0 fully saturated rings. The second-order valence-corrected chi connectivity index (χ2v) is 5.82. The lowest BCUT2D eigenvalue weighted by molar-refractivity contribution is -0.386. The van der Waals surface area contributed by atoms with Crippen molar-refractivity contribution in [2.24, 2.45) is 0 Å². The van der Waals surface area contributed by atoms with Crippen molar-refractivity contribution in [3.8, 4) is 5.75 Å². The van der Waals surface area contributed by atoms with Gasteiger partial charge in [-0.15, -0.1) is 0 Å². The van der Waals surface area contributed by atoms with Crippen molar-refractivity contribution in [2.45, 2.75) is 18.2 Å². The SMILES string of the molecule is CCOc1cc(C(F)F)c([N+](=O)[O-])cc1S(=O)(=O)Cl. The molecule has 0 aliphatic heterocycles. The predicted octanol–water partition coefficient (Wildman–Crippen LogP) is 2.86. The van der Waals surface area contributed by atoms with Crippen LogP contribution < -0.4 is 4.74 Å². The lowest BCUT2D eigenvalue weighted by atomic mass is 10.1. The Morgan fingerprint density at radius 3 is 2.42 bits per heavy atom. The molecule has 0 amide bonds. The van der Waals surface area contributed by atoms with Crippen molar-refractivity contribution in [2.75, 3.05) is 6.61 Å². The van der Waals surface area contributed by atoms with Crippen LogP contribution in [0.3, 0.4) is 0 Å². The summed E-state index contributed by atoms with van der Waals surface area (Å²) in [5.41, 5.74) is -1.96. The average Bonchev–Trinajstić information content (AvgIpc) is 2.26. The highest BCUT2D eigenvalue weighted by Crippen LogP contribution is 2.38. The molecule has 19 heavy (non-hydrogen) atoms. The molecule has 1 aromatic rings. The quantitative estimate of drug-likeness (QED) is 0.473. The third kappa shape index (κ3) is 3.51. The maximum atomic E-state index is 12.7. The van der Waals surface area contributed by atoms with E-state index in [4.69, 9.17) is 15.4 Å². The van der Waals surface area contributed by atoms with E-state index in [1.165, 1.54) is 6.92 Å². The average molecular weight is 316 g/mol. The molecule has 0 bridgehead atoms. The highest BCUT2D eigenvalue weighted by molar-refractivity contribution is 8.13. The summed E-state index contributed by atoms with van der Waals surface area (Å²) < 4.78 is 52.8. The van der Waals surface area contributed by atoms with E-state index < -0.39 is 42.3 Å².